The lowest BCUT2D eigenvalue weighted by Gasteiger charge is -2.32. The number of hydrogen-bond acceptors (Lipinski definition) is 5. The van der Waals surface area contributed by atoms with Crippen molar-refractivity contribution in [2.24, 2.45) is 0 Å². The zero-order chi connectivity index (χ0) is 14.7. The summed E-state index contributed by atoms with van der Waals surface area (Å²) in [4.78, 5) is 11.1. The minimum Gasteiger partial charge on any atom is -0.356 e. The van der Waals surface area contributed by atoms with E-state index in [9.17, 15) is 0 Å². The van der Waals surface area contributed by atoms with Gasteiger partial charge in [-0.2, -0.15) is 10.4 Å². The van der Waals surface area contributed by atoms with Crippen molar-refractivity contribution in [1.82, 2.24) is 19.7 Å². The molecule has 2 aromatic heterocycles. The molecule has 0 bridgehead atoms. The van der Waals surface area contributed by atoms with E-state index in [2.05, 4.69) is 33.1 Å². The number of aryl methyl sites for hydroxylation is 1. The maximum Gasteiger partial charge on any atom is 0.163 e. The molecule has 110 valence electrons. The maximum absolute atomic E-state index is 8.72. The topological polar surface area (TPSA) is 70.6 Å². The lowest BCUT2D eigenvalue weighted by Crippen LogP contribution is -2.34. The fraction of sp³-hybridized carbons (Fsp3) is 0.600. The zero-order valence-electron chi connectivity index (χ0n) is 12.4. The first-order chi connectivity index (χ1) is 10.3. The van der Waals surface area contributed by atoms with Gasteiger partial charge in [-0.05, 0) is 12.8 Å². The van der Waals surface area contributed by atoms with Gasteiger partial charge in [0.15, 0.2) is 5.65 Å². The Kier molecular flexibility index (Phi) is 4.00. The summed E-state index contributed by atoms with van der Waals surface area (Å²) >= 11 is 0. The molecule has 2 aromatic rings. The van der Waals surface area contributed by atoms with Crippen LogP contribution in [0.3, 0.4) is 0 Å². The van der Waals surface area contributed by atoms with Crippen LogP contribution < -0.4 is 4.90 Å². The number of rotatable bonds is 4. The summed E-state index contributed by atoms with van der Waals surface area (Å²) in [6, 6.07) is 2.70. The van der Waals surface area contributed by atoms with Crippen molar-refractivity contribution in [1.29, 1.82) is 5.26 Å². The Morgan fingerprint density at radius 3 is 2.90 bits per heavy atom. The van der Waals surface area contributed by atoms with Gasteiger partial charge in [0, 0.05) is 13.1 Å². The van der Waals surface area contributed by atoms with Crippen LogP contribution in [0.5, 0.6) is 0 Å². The molecule has 1 aliphatic carbocycles. The molecule has 0 saturated heterocycles. The summed E-state index contributed by atoms with van der Waals surface area (Å²) in [6.45, 7) is 0.573. The van der Waals surface area contributed by atoms with Crippen LogP contribution >= 0.6 is 0 Å². The van der Waals surface area contributed by atoms with Gasteiger partial charge in [0.25, 0.3) is 0 Å². The molecule has 0 radical (unpaired) electrons. The third-order valence-electron chi connectivity index (χ3n) is 4.30. The summed E-state index contributed by atoms with van der Waals surface area (Å²) in [5.41, 5.74) is 0.818. The average molecular weight is 284 g/mol. The molecule has 1 saturated carbocycles. The molecule has 0 unspecified atom stereocenters. The highest BCUT2D eigenvalue weighted by atomic mass is 15.3. The van der Waals surface area contributed by atoms with E-state index in [-0.39, 0.29) is 0 Å². The van der Waals surface area contributed by atoms with E-state index in [1.807, 2.05) is 6.20 Å². The van der Waals surface area contributed by atoms with Crippen LogP contribution in [0, 0.1) is 11.3 Å². The molecule has 2 heterocycles. The van der Waals surface area contributed by atoms with E-state index in [0.29, 0.717) is 19.0 Å². The highest BCUT2D eigenvalue weighted by Gasteiger charge is 2.21. The van der Waals surface area contributed by atoms with E-state index in [1.54, 1.807) is 11.0 Å². The Morgan fingerprint density at radius 1 is 1.33 bits per heavy atom. The largest absolute Gasteiger partial charge is 0.356 e. The molecule has 0 aromatic carbocycles. The molecule has 1 aliphatic rings. The molecule has 0 amide bonds. The summed E-state index contributed by atoms with van der Waals surface area (Å²) < 4.78 is 1.79. The quantitative estimate of drug-likeness (QED) is 0.862. The lowest BCUT2D eigenvalue weighted by molar-refractivity contribution is 0.426. The van der Waals surface area contributed by atoms with E-state index in [4.69, 9.17) is 5.26 Å². The number of fused-ring (bicyclic) bond motifs is 1. The van der Waals surface area contributed by atoms with Crippen LogP contribution in [0.1, 0.15) is 38.5 Å². The normalized spacial score (nSPS) is 16.0. The highest BCUT2D eigenvalue weighted by molar-refractivity contribution is 5.86. The standard InChI is InChI=1S/C15H20N6/c1-20(12-6-3-2-4-7-12)14-13-10-19-21(9-5-8-16)15(13)18-11-17-14/h10-12H,2-7,9H2,1H3. The van der Waals surface area contributed by atoms with Gasteiger partial charge >= 0.3 is 0 Å². The van der Waals surface area contributed by atoms with Crippen molar-refractivity contribution < 1.29 is 0 Å². The monoisotopic (exact) mass is 284 g/mol. The molecule has 21 heavy (non-hydrogen) atoms. The SMILES string of the molecule is CN(c1ncnc2c1cnn2CCC#N)C1CCCCC1. The number of nitriles is 1. The Balaban J connectivity index is 1.91. The predicted molar refractivity (Wildman–Crippen MR) is 80.8 cm³/mol. The highest BCUT2D eigenvalue weighted by Crippen LogP contribution is 2.28. The second kappa shape index (κ2) is 6.08. The Labute approximate surface area is 124 Å². The fourth-order valence-corrected chi connectivity index (χ4v) is 3.12. The van der Waals surface area contributed by atoms with Crippen LogP contribution in [0.15, 0.2) is 12.5 Å². The zero-order valence-corrected chi connectivity index (χ0v) is 12.4. The van der Waals surface area contributed by atoms with Gasteiger partial charge in [-0.3, -0.25) is 0 Å². The molecule has 0 aliphatic heterocycles. The third kappa shape index (κ3) is 2.68. The predicted octanol–water partition coefficient (Wildman–Crippen LogP) is 2.51. The Bertz CT molecular complexity index is 650. The number of anilines is 1. The summed E-state index contributed by atoms with van der Waals surface area (Å²) in [6.07, 6.45) is 10.2. The van der Waals surface area contributed by atoms with E-state index >= 15 is 0 Å². The fourth-order valence-electron chi connectivity index (χ4n) is 3.12. The molecular weight excluding hydrogens is 264 g/mol. The van der Waals surface area contributed by atoms with E-state index < -0.39 is 0 Å². The molecule has 3 rings (SSSR count). The van der Waals surface area contributed by atoms with Crippen molar-refractivity contribution >= 4 is 16.9 Å². The van der Waals surface area contributed by atoms with Crippen molar-refractivity contribution in [3.05, 3.63) is 12.5 Å². The van der Waals surface area contributed by atoms with Crippen LogP contribution in [0.4, 0.5) is 5.82 Å². The second-order valence-electron chi connectivity index (χ2n) is 5.61. The molecular formula is C15H20N6. The average Bonchev–Trinajstić information content (AvgIpc) is 2.96. The van der Waals surface area contributed by atoms with Crippen LogP contribution in [-0.4, -0.2) is 32.8 Å². The van der Waals surface area contributed by atoms with Crippen molar-refractivity contribution in [3.8, 4) is 6.07 Å². The Hall–Kier alpha value is -2.16. The van der Waals surface area contributed by atoms with Gasteiger partial charge < -0.3 is 4.90 Å². The van der Waals surface area contributed by atoms with Crippen LogP contribution in [0.2, 0.25) is 0 Å². The summed E-state index contributed by atoms with van der Waals surface area (Å²) in [5, 5.41) is 14.1. The first kappa shape index (κ1) is 13.8. The summed E-state index contributed by atoms with van der Waals surface area (Å²) in [7, 11) is 2.12. The van der Waals surface area contributed by atoms with Gasteiger partial charge in [-0.1, -0.05) is 19.3 Å². The number of nitrogens with zero attached hydrogens (tertiary/aromatic N) is 6. The van der Waals surface area contributed by atoms with E-state index in [1.165, 1.54) is 32.1 Å². The third-order valence-corrected chi connectivity index (χ3v) is 4.30. The Morgan fingerprint density at radius 2 is 2.14 bits per heavy atom. The van der Waals surface area contributed by atoms with Crippen molar-refractivity contribution in [2.75, 3.05) is 11.9 Å². The van der Waals surface area contributed by atoms with Crippen molar-refractivity contribution in [2.45, 2.75) is 51.1 Å². The smallest absolute Gasteiger partial charge is 0.163 e. The van der Waals surface area contributed by atoms with Gasteiger partial charge in [-0.15, -0.1) is 0 Å². The van der Waals surface area contributed by atoms with Gasteiger partial charge in [0.05, 0.1) is 30.6 Å². The molecule has 1 fully saturated rings. The number of hydrogen-bond donors (Lipinski definition) is 0. The minimum absolute atomic E-state index is 0.439. The van der Waals surface area contributed by atoms with E-state index in [0.717, 1.165) is 16.9 Å². The lowest BCUT2D eigenvalue weighted by atomic mass is 9.94. The maximum atomic E-state index is 8.72. The van der Waals surface area contributed by atoms with Gasteiger partial charge in [0.1, 0.15) is 12.1 Å². The molecule has 0 N–H and O–H groups in total. The first-order valence-electron chi connectivity index (χ1n) is 7.57. The summed E-state index contributed by atoms with van der Waals surface area (Å²) in [5.74, 6) is 0.954. The molecule has 0 spiro atoms. The van der Waals surface area contributed by atoms with Gasteiger partial charge in [-0.25, -0.2) is 14.6 Å². The van der Waals surface area contributed by atoms with Gasteiger partial charge in [0.2, 0.25) is 0 Å². The van der Waals surface area contributed by atoms with Crippen LogP contribution in [0.25, 0.3) is 11.0 Å². The van der Waals surface area contributed by atoms with Crippen LogP contribution in [-0.2, 0) is 6.54 Å². The molecule has 0 atom stereocenters. The molecule has 6 heteroatoms. The number of aromatic nitrogens is 4. The first-order valence-corrected chi connectivity index (χ1v) is 7.57. The minimum atomic E-state index is 0.439. The molecule has 6 nitrogen and oxygen atoms in total. The second-order valence-corrected chi connectivity index (χ2v) is 5.61. The van der Waals surface area contributed by atoms with Crippen molar-refractivity contribution in [3.63, 3.8) is 0 Å².